The molecule has 0 unspecified atom stereocenters. The van der Waals surface area contributed by atoms with E-state index in [4.69, 9.17) is 22.2 Å². The van der Waals surface area contributed by atoms with Crippen LogP contribution < -0.4 is 0 Å². The number of carbonyl (C=O) groups is 1. The van der Waals surface area contributed by atoms with Crippen LogP contribution in [0.3, 0.4) is 0 Å². The molecule has 2 fully saturated rings. The third-order valence-corrected chi connectivity index (χ3v) is 7.20. The lowest BCUT2D eigenvalue weighted by Gasteiger charge is -2.18. The normalized spacial score (nSPS) is 19.9. The van der Waals surface area contributed by atoms with E-state index in [0.29, 0.717) is 27.9 Å². The average molecular weight is 460 g/mol. The summed E-state index contributed by atoms with van der Waals surface area (Å²) in [4.78, 5) is 15.4. The number of fused-ring (bicyclic) bond motifs is 1. The first-order valence-electron chi connectivity index (χ1n) is 10.6. The van der Waals surface area contributed by atoms with Crippen LogP contribution in [0.5, 0.6) is 0 Å². The smallest absolute Gasteiger partial charge is 0.266 e. The fraction of sp³-hybridized carbons (Fsp3) is 0.240. The molecule has 3 heterocycles. The van der Waals surface area contributed by atoms with Gasteiger partial charge in [0.1, 0.15) is 4.32 Å². The number of nitrogens with zero attached hydrogens (tertiary/aromatic N) is 3. The molecule has 0 bridgehead atoms. The number of thiocarbonyl (C=S) groups is 1. The zero-order chi connectivity index (χ0) is 22.1. The lowest BCUT2D eigenvalue weighted by atomic mass is 10.1. The van der Waals surface area contributed by atoms with E-state index < -0.39 is 0 Å². The second kappa shape index (κ2) is 8.91. The molecule has 5 nitrogen and oxygen atoms in total. The van der Waals surface area contributed by atoms with Crippen LogP contribution >= 0.6 is 24.0 Å². The molecule has 0 spiro atoms. The summed E-state index contributed by atoms with van der Waals surface area (Å²) in [6.07, 6.45) is 6.11. The average Bonchev–Trinajstić information content (AvgIpc) is 3.51. The van der Waals surface area contributed by atoms with Gasteiger partial charge >= 0.3 is 0 Å². The Morgan fingerprint density at radius 1 is 1.22 bits per heavy atom. The molecule has 160 valence electrons. The number of hydrogen-bond acceptors (Lipinski definition) is 5. The number of hydrogen-bond donors (Lipinski definition) is 0. The molecule has 2 saturated heterocycles. The Bertz CT molecular complexity index is 1260. The quantitative estimate of drug-likeness (QED) is 0.400. The SMILES string of the molecule is N#Cc1ccc(Cn2cc(/C=C3\SC(=S)N(C[C@H]4CCCO4)C3=O)c3ccccc32)cc1. The Balaban J connectivity index is 1.44. The van der Waals surface area contributed by atoms with Crippen molar-refractivity contribution in [2.45, 2.75) is 25.5 Å². The van der Waals surface area contributed by atoms with E-state index >= 15 is 0 Å². The highest BCUT2D eigenvalue weighted by atomic mass is 32.2. The van der Waals surface area contributed by atoms with Crippen molar-refractivity contribution in [3.63, 3.8) is 0 Å². The maximum atomic E-state index is 13.1. The molecule has 1 aromatic heterocycles. The zero-order valence-electron chi connectivity index (χ0n) is 17.4. The summed E-state index contributed by atoms with van der Waals surface area (Å²) in [6, 6.07) is 18.0. The first-order valence-corrected chi connectivity index (χ1v) is 11.8. The predicted molar refractivity (Wildman–Crippen MR) is 131 cm³/mol. The van der Waals surface area contributed by atoms with Crippen molar-refractivity contribution in [3.05, 3.63) is 76.3 Å². The molecule has 32 heavy (non-hydrogen) atoms. The second-order valence-electron chi connectivity index (χ2n) is 7.97. The van der Waals surface area contributed by atoms with Gasteiger partial charge < -0.3 is 9.30 Å². The van der Waals surface area contributed by atoms with Gasteiger partial charge in [-0.2, -0.15) is 5.26 Å². The van der Waals surface area contributed by atoms with Gasteiger partial charge in [-0.05, 0) is 42.7 Å². The minimum absolute atomic E-state index is 0.0422. The molecule has 2 aliphatic heterocycles. The Morgan fingerprint density at radius 2 is 2.03 bits per heavy atom. The van der Waals surface area contributed by atoms with Crippen molar-refractivity contribution in [1.82, 2.24) is 9.47 Å². The summed E-state index contributed by atoms with van der Waals surface area (Å²) >= 11 is 6.86. The number of rotatable bonds is 5. The van der Waals surface area contributed by atoms with Crippen LogP contribution in [0.1, 0.15) is 29.5 Å². The van der Waals surface area contributed by atoms with Crippen LogP contribution in [0.4, 0.5) is 0 Å². The first-order chi connectivity index (χ1) is 15.6. The van der Waals surface area contributed by atoms with E-state index in [9.17, 15) is 4.79 Å². The van der Waals surface area contributed by atoms with Gasteiger partial charge in [0.25, 0.3) is 5.91 Å². The molecule has 0 aliphatic carbocycles. The molecule has 5 rings (SSSR count). The number of thioether (sulfide) groups is 1. The van der Waals surface area contributed by atoms with Gasteiger partial charge in [-0.3, -0.25) is 9.69 Å². The highest BCUT2D eigenvalue weighted by molar-refractivity contribution is 8.26. The molecule has 0 radical (unpaired) electrons. The molecular formula is C25H21N3O2S2. The van der Waals surface area contributed by atoms with Gasteiger partial charge in [-0.25, -0.2) is 0 Å². The number of para-hydroxylation sites is 1. The molecule has 1 amide bonds. The van der Waals surface area contributed by atoms with Gasteiger partial charge in [-0.1, -0.05) is 54.3 Å². The van der Waals surface area contributed by atoms with E-state index in [-0.39, 0.29) is 12.0 Å². The summed E-state index contributed by atoms with van der Waals surface area (Å²) in [5, 5.41) is 10.1. The van der Waals surface area contributed by atoms with Crippen molar-refractivity contribution in [1.29, 1.82) is 5.26 Å². The van der Waals surface area contributed by atoms with Crippen LogP contribution in [0, 0.1) is 11.3 Å². The van der Waals surface area contributed by atoms with Crippen LogP contribution in [0.15, 0.2) is 59.6 Å². The standard InChI is InChI=1S/C25H21N3O2S2/c26-13-17-7-9-18(10-8-17)14-27-15-19(21-5-1-2-6-22(21)27)12-23-24(29)28(25(31)32-23)16-20-4-3-11-30-20/h1-2,5-10,12,15,20H,3-4,11,14,16H2/b23-12-/t20-/m1/s1. The van der Waals surface area contributed by atoms with Gasteiger partial charge in [0.05, 0.1) is 29.2 Å². The lowest BCUT2D eigenvalue weighted by molar-refractivity contribution is -0.123. The Kier molecular flexibility index (Phi) is 5.83. The fourth-order valence-electron chi connectivity index (χ4n) is 4.19. The number of amides is 1. The number of benzene rings is 2. The molecule has 3 aromatic rings. The number of carbonyl (C=O) groups excluding carboxylic acids is 1. The molecule has 0 N–H and O–H groups in total. The second-order valence-corrected chi connectivity index (χ2v) is 9.64. The number of ether oxygens (including phenoxy) is 1. The summed E-state index contributed by atoms with van der Waals surface area (Å²) in [7, 11) is 0. The molecule has 2 aliphatic rings. The maximum Gasteiger partial charge on any atom is 0.266 e. The highest BCUT2D eigenvalue weighted by Gasteiger charge is 2.34. The summed E-state index contributed by atoms with van der Waals surface area (Å²) in [5.41, 5.74) is 3.85. The molecule has 1 atom stereocenters. The molecular weight excluding hydrogens is 438 g/mol. The van der Waals surface area contributed by atoms with Crippen molar-refractivity contribution in [2.75, 3.05) is 13.2 Å². The topological polar surface area (TPSA) is 58.3 Å². The number of aromatic nitrogens is 1. The third-order valence-electron chi connectivity index (χ3n) is 5.83. The van der Waals surface area contributed by atoms with E-state index in [1.165, 1.54) is 11.8 Å². The van der Waals surface area contributed by atoms with Gasteiger partial charge in [0.15, 0.2) is 0 Å². The summed E-state index contributed by atoms with van der Waals surface area (Å²) < 4.78 is 8.47. The van der Waals surface area contributed by atoms with Crippen molar-refractivity contribution in [3.8, 4) is 6.07 Å². The fourth-order valence-corrected chi connectivity index (χ4v) is 5.46. The van der Waals surface area contributed by atoms with Crippen LogP contribution in [0.2, 0.25) is 0 Å². The van der Waals surface area contributed by atoms with E-state index in [1.54, 1.807) is 4.90 Å². The first kappa shape index (κ1) is 21.0. The van der Waals surface area contributed by atoms with Crippen molar-refractivity contribution in [2.24, 2.45) is 0 Å². The number of nitriles is 1. The van der Waals surface area contributed by atoms with Crippen LogP contribution in [0.25, 0.3) is 17.0 Å². The minimum atomic E-state index is -0.0422. The molecule has 7 heteroatoms. The monoisotopic (exact) mass is 459 g/mol. The Morgan fingerprint density at radius 3 is 2.78 bits per heavy atom. The van der Waals surface area contributed by atoms with Gasteiger partial charge in [-0.15, -0.1) is 0 Å². The predicted octanol–water partition coefficient (Wildman–Crippen LogP) is 4.94. The van der Waals surface area contributed by atoms with E-state index in [2.05, 4.69) is 29.0 Å². The maximum absolute atomic E-state index is 13.1. The third kappa shape index (κ3) is 4.09. The Labute approximate surface area is 196 Å². The van der Waals surface area contributed by atoms with Crippen LogP contribution in [-0.4, -0.2) is 39.0 Å². The minimum Gasteiger partial charge on any atom is -0.376 e. The largest absolute Gasteiger partial charge is 0.376 e. The van der Waals surface area contributed by atoms with Crippen LogP contribution in [-0.2, 0) is 16.1 Å². The van der Waals surface area contributed by atoms with Crippen molar-refractivity contribution < 1.29 is 9.53 Å². The highest BCUT2D eigenvalue weighted by Crippen LogP contribution is 2.35. The van der Waals surface area contributed by atoms with Gasteiger partial charge in [0.2, 0.25) is 0 Å². The Hall–Kier alpha value is -2.92. The summed E-state index contributed by atoms with van der Waals surface area (Å²) in [6.45, 7) is 1.97. The summed E-state index contributed by atoms with van der Waals surface area (Å²) in [5.74, 6) is -0.0422. The molecule has 2 aromatic carbocycles. The lowest BCUT2D eigenvalue weighted by Crippen LogP contribution is -2.35. The zero-order valence-corrected chi connectivity index (χ0v) is 19.0. The van der Waals surface area contributed by atoms with Gasteiger partial charge in [0, 0.05) is 35.8 Å². The van der Waals surface area contributed by atoms with E-state index in [0.717, 1.165) is 41.5 Å². The van der Waals surface area contributed by atoms with Crippen molar-refractivity contribution >= 4 is 51.2 Å². The molecule has 0 saturated carbocycles. The van der Waals surface area contributed by atoms with E-state index in [1.807, 2.05) is 42.5 Å².